The second kappa shape index (κ2) is 7.01. The van der Waals surface area contributed by atoms with Crippen LogP contribution in [0.15, 0.2) is 24.3 Å². The zero-order chi connectivity index (χ0) is 14.3. The van der Waals surface area contributed by atoms with Crippen LogP contribution in [0.5, 0.6) is 5.75 Å². The third-order valence-corrected chi connectivity index (χ3v) is 2.44. The average Bonchev–Trinajstić information content (AvgIpc) is 2.42. The molecule has 2 N–H and O–H groups in total. The second-order valence-corrected chi connectivity index (χ2v) is 3.80. The number of rotatable bonds is 5. The smallest absolute Gasteiger partial charge is 0.328 e. The molecule has 1 atom stereocenters. The minimum atomic E-state index is -0.875. The molecule has 6 heteroatoms. The molecule has 0 aliphatic rings. The van der Waals surface area contributed by atoms with Crippen molar-refractivity contribution in [2.45, 2.75) is 18.9 Å². The van der Waals surface area contributed by atoms with Gasteiger partial charge in [-0.1, -0.05) is 6.07 Å². The SMILES string of the molecule is COC(=O)[C@H](CCC#N)NC(=O)c1cccc(O)c1. The van der Waals surface area contributed by atoms with Gasteiger partial charge >= 0.3 is 5.97 Å². The van der Waals surface area contributed by atoms with Crippen LogP contribution in [0, 0.1) is 11.3 Å². The quantitative estimate of drug-likeness (QED) is 0.770. The Kier molecular flexibility index (Phi) is 5.35. The molecule has 0 bridgehead atoms. The summed E-state index contributed by atoms with van der Waals surface area (Å²) in [7, 11) is 1.21. The summed E-state index contributed by atoms with van der Waals surface area (Å²) >= 11 is 0. The first-order chi connectivity index (χ1) is 9.08. The maximum absolute atomic E-state index is 11.9. The topological polar surface area (TPSA) is 99.4 Å². The number of nitriles is 1. The summed E-state index contributed by atoms with van der Waals surface area (Å²) in [6.07, 6.45) is 0.299. The number of aromatic hydroxyl groups is 1. The number of esters is 1. The van der Waals surface area contributed by atoms with Crippen molar-refractivity contribution in [2.24, 2.45) is 0 Å². The van der Waals surface area contributed by atoms with Gasteiger partial charge in [0.25, 0.3) is 5.91 Å². The van der Waals surface area contributed by atoms with Crippen molar-refractivity contribution in [2.75, 3.05) is 7.11 Å². The van der Waals surface area contributed by atoms with Gasteiger partial charge in [-0.3, -0.25) is 4.79 Å². The number of methoxy groups -OCH3 is 1. The molecule has 19 heavy (non-hydrogen) atoms. The zero-order valence-electron chi connectivity index (χ0n) is 10.4. The third kappa shape index (κ3) is 4.32. The molecule has 0 saturated heterocycles. The van der Waals surface area contributed by atoms with Crippen LogP contribution in [0.25, 0.3) is 0 Å². The van der Waals surface area contributed by atoms with E-state index in [-0.39, 0.29) is 24.2 Å². The zero-order valence-corrected chi connectivity index (χ0v) is 10.4. The van der Waals surface area contributed by atoms with Crippen LogP contribution in [-0.4, -0.2) is 30.1 Å². The van der Waals surface area contributed by atoms with Gasteiger partial charge in [-0.25, -0.2) is 4.79 Å². The minimum absolute atomic E-state index is 0.0423. The molecule has 0 radical (unpaired) electrons. The van der Waals surface area contributed by atoms with Gasteiger partial charge in [-0.15, -0.1) is 0 Å². The molecule has 0 fully saturated rings. The number of phenols is 1. The lowest BCUT2D eigenvalue weighted by Crippen LogP contribution is -2.41. The molecule has 1 aromatic rings. The van der Waals surface area contributed by atoms with Crippen molar-refractivity contribution in [1.29, 1.82) is 5.26 Å². The molecule has 1 aromatic carbocycles. The van der Waals surface area contributed by atoms with E-state index in [1.54, 1.807) is 0 Å². The molecular formula is C13H14N2O4. The van der Waals surface area contributed by atoms with E-state index in [1.807, 2.05) is 6.07 Å². The molecule has 0 unspecified atom stereocenters. The maximum atomic E-state index is 11.9. The number of carbonyl (C=O) groups is 2. The van der Waals surface area contributed by atoms with Crippen LogP contribution in [0.4, 0.5) is 0 Å². The highest BCUT2D eigenvalue weighted by Crippen LogP contribution is 2.11. The van der Waals surface area contributed by atoms with Gasteiger partial charge in [0.1, 0.15) is 11.8 Å². The van der Waals surface area contributed by atoms with E-state index in [4.69, 9.17) is 5.26 Å². The maximum Gasteiger partial charge on any atom is 0.328 e. The van der Waals surface area contributed by atoms with E-state index in [9.17, 15) is 14.7 Å². The Morgan fingerprint density at radius 3 is 2.84 bits per heavy atom. The third-order valence-electron chi connectivity index (χ3n) is 2.44. The number of hydrogen-bond donors (Lipinski definition) is 2. The van der Waals surface area contributed by atoms with E-state index in [2.05, 4.69) is 10.1 Å². The fourth-order valence-corrected chi connectivity index (χ4v) is 1.49. The van der Waals surface area contributed by atoms with Gasteiger partial charge in [0.15, 0.2) is 0 Å². The number of nitrogens with zero attached hydrogens (tertiary/aromatic N) is 1. The van der Waals surface area contributed by atoms with Crippen molar-refractivity contribution in [1.82, 2.24) is 5.32 Å². The van der Waals surface area contributed by atoms with Gasteiger partial charge in [0.2, 0.25) is 0 Å². The van der Waals surface area contributed by atoms with E-state index in [0.717, 1.165) is 0 Å². The molecule has 0 spiro atoms. The first kappa shape index (κ1) is 14.5. The van der Waals surface area contributed by atoms with E-state index in [0.29, 0.717) is 0 Å². The van der Waals surface area contributed by atoms with Gasteiger partial charge in [-0.05, 0) is 24.6 Å². The number of benzene rings is 1. The highest BCUT2D eigenvalue weighted by atomic mass is 16.5. The molecular weight excluding hydrogens is 248 g/mol. The summed E-state index contributed by atoms with van der Waals surface area (Å²) in [4.78, 5) is 23.3. The molecule has 0 aliphatic carbocycles. The first-order valence-electron chi connectivity index (χ1n) is 5.63. The van der Waals surface area contributed by atoms with E-state index in [1.165, 1.54) is 31.4 Å². The molecule has 0 heterocycles. The van der Waals surface area contributed by atoms with Crippen molar-refractivity contribution in [3.63, 3.8) is 0 Å². The van der Waals surface area contributed by atoms with Crippen molar-refractivity contribution in [3.05, 3.63) is 29.8 Å². The van der Waals surface area contributed by atoms with Crippen LogP contribution < -0.4 is 5.32 Å². The fraction of sp³-hybridized carbons (Fsp3) is 0.308. The highest BCUT2D eigenvalue weighted by Gasteiger charge is 2.21. The van der Waals surface area contributed by atoms with Crippen molar-refractivity contribution < 1.29 is 19.4 Å². The largest absolute Gasteiger partial charge is 0.508 e. The van der Waals surface area contributed by atoms with Crippen LogP contribution in [-0.2, 0) is 9.53 Å². The number of phenolic OH excluding ortho intramolecular Hbond substituents is 1. The summed E-state index contributed by atoms with van der Waals surface area (Å²) < 4.78 is 4.56. The molecule has 0 saturated carbocycles. The van der Waals surface area contributed by atoms with E-state index >= 15 is 0 Å². The Bertz CT molecular complexity index is 508. The Hall–Kier alpha value is -2.55. The average molecular weight is 262 g/mol. The summed E-state index contributed by atoms with van der Waals surface area (Å²) in [6.45, 7) is 0. The number of ether oxygens (including phenoxy) is 1. The Morgan fingerprint density at radius 2 is 2.26 bits per heavy atom. The van der Waals surface area contributed by atoms with Gasteiger partial charge in [0, 0.05) is 12.0 Å². The monoisotopic (exact) mass is 262 g/mol. The first-order valence-corrected chi connectivity index (χ1v) is 5.63. The Balaban J connectivity index is 2.76. The van der Waals surface area contributed by atoms with Gasteiger partial charge < -0.3 is 15.2 Å². The van der Waals surface area contributed by atoms with E-state index < -0.39 is 17.9 Å². The van der Waals surface area contributed by atoms with Gasteiger partial charge in [-0.2, -0.15) is 5.26 Å². The Morgan fingerprint density at radius 1 is 1.53 bits per heavy atom. The molecule has 6 nitrogen and oxygen atoms in total. The summed E-state index contributed by atoms with van der Waals surface area (Å²) in [6, 6.07) is 6.77. The molecule has 0 aliphatic heterocycles. The second-order valence-electron chi connectivity index (χ2n) is 3.80. The summed E-state index contributed by atoms with van der Waals surface area (Å²) in [5, 5.41) is 20.3. The lowest BCUT2D eigenvalue weighted by molar-refractivity contribution is -0.143. The minimum Gasteiger partial charge on any atom is -0.508 e. The molecule has 1 amide bonds. The van der Waals surface area contributed by atoms with Crippen LogP contribution >= 0.6 is 0 Å². The number of nitrogens with one attached hydrogen (secondary N) is 1. The number of hydrogen-bond acceptors (Lipinski definition) is 5. The number of carbonyl (C=O) groups excluding carboxylic acids is 2. The summed E-state index contributed by atoms with van der Waals surface area (Å²) in [5.74, 6) is -1.16. The van der Waals surface area contributed by atoms with Crippen LogP contribution in [0.1, 0.15) is 23.2 Å². The van der Waals surface area contributed by atoms with Crippen LogP contribution in [0.3, 0.4) is 0 Å². The Labute approximate surface area is 110 Å². The molecule has 100 valence electrons. The fourth-order valence-electron chi connectivity index (χ4n) is 1.49. The van der Waals surface area contributed by atoms with Crippen LogP contribution in [0.2, 0.25) is 0 Å². The predicted octanol–water partition coefficient (Wildman–Crippen LogP) is 0.967. The standard InChI is InChI=1S/C13H14N2O4/c1-19-13(18)11(6-3-7-14)15-12(17)9-4-2-5-10(16)8-9/h2,4-5,8,11,16H,3,6H2,1H3,(H,15,17)/t11-/m0/s1. The molecule has 1 rings (SSSR count). The molecule has 0 aromatic heterocycles. The van der Waals surface area contributed by atoms with Gasteiger partial charge in [0.05, 0.1) is 13.2 Å². The normalized spacial score (nSPS) is 11.2. The number of amides is 1. The lowest BCUT2D eigenvalue weighted by atomic mass is 10.1. The predicted molar refractivity (Wildman–Crippen MR) is 66.2 cm³/mol. The summed E-state index contributed by atoms with van der Waals surface area (Å²) in [5.41, 5.74) is 0.228. The van der Waals surface area contributed by atoms with Crippen molar-refractivity contribution >= 4 is 11.9 Å². The van der Waals surface area contributed by atoms with Crippen molar-refractivity contribution in [3.8, 4) is 11.8 Å². The lowest BCUT2D eigenvalue weighted by Gasteiger charge is -2.15. The highest BCUT2D eigenvalue weighted by molar-refractivity contribution is 5.97.